The van der Waals surface area contributed by atoms with E-state index in [1.54, 1.807) is 12.1 Å². The average Bonchev–Trinajstić information content (AvgIpc) is 3.02. The maximum absolute atomic E-state index is 13.4. The van der Waals surface area contributed by atoms with Crippen molar-refractivity contribution in [2.45, 2.75) is 31.5 Å². The van der Waals surface area contributed by atoms with E-state index in [1.165, 1.54) is 11.6 Å². The van der Waals surface area contributed by atoms with Crippen LogP contribution in [0.5, 0.6) is 0 Å². The summed E-state index contributed by atoms with van der Waals surface area (Å²) in [5.41, 5.74) is 2.26. The van der Waals surface area contributed by atoms with E-state index in [2.05, 4.69) is 21.1 Å². The molecular weight excluding hydrogens is 331 g/mol. The maximum Gasteiger partial charge on any atom is 0.123 e. The predicted molar refractivity (Wildman–Crippen MR) is 98.1 cm³/mol. The largest absolute Gasteiger partial charge is 0.372 e. The number of rotatable bonds is 4. The quantitative estimate of drug-likeness (QED) is 0.841. The second kappa shape index (κ2) is 7.47. The van der Waals surface area contributed by atoms with E-state index in [1.807, 2.05) is 24.0 Å². The number of benzene rings is 1. The van der Waals surface area contributed by atoms with Gasteiger partial charge in [0, 0.05) is 58.1 Å². The Kier molecular flexibility index (Phi) is 5.07. The highest BCUT2D eigenvalue weighted by Gasteiger charge is 2.39. The topological polar surface area (TPSA) is 33.5 Å². The third kappa shape index (κ3) is 4.14. The molecule has 4 rings (SSSR count). The molecule has 0 atom stereocenters. The second-order valence-electron chi connectivity index (χ2n) is 7.67. The first-order valence-electron chi connectivity index (χ1n) is 9.41. The van der Waals surface area contributed by atoms with Crippen LogP contribution in [0.4, 0.5) is 4.39 Å². The summed E-state index contributed by atoms with van der Waals surface area (Å²) in [6, 6.07) is 6.93. The number of ether oxygens (including phenoxy) is 1. The van der Waals surface area contributed by atoms with Gasteiger partial charge in [-0.2, -0.15) is 5.10 Å². The van der Waals surface area contributed by atoms with E-state index in [4.69, 9.17) is 4.74 Å². The lowest BCUT2D eigenvalue weighted by Gasteiger charge is -2.47. The van der Waals surface area contributed by atoms with Gasteiger partial charge < -0.3 is 4.74 Å². The van der Waals surface area contributed by atoms with E-state index >= 15 is 0 Å². The second-order valence-corrected chi connectivity index (χ2v) is 7.67. The smallest absolute Gasteiger partial charge is 0.123 e. The van der Waals surface area contributed by atoms with E-state index in [0.29, 0.717) is 0 Å². The van der Waals surface area contributed by atoms with Crippen LogP contribution in [0, 0.1) is 5.82 Å². The first-order chi connectivity index (χ1) is 12.6. The number of halogens is 1. The van der Waals surface area contributed by atoms with Crippen LogP contribution in [0.2, 0.25) is 0 Å². The summed E-state index contributed by atoms with van der Waals surface area (Å²) in [4.78, 5) is 4.90. The molecule has 3 heterocycles. The van der Waals surface area contributed by atoms with Gasteiger partial charge in [-0.25, -0.2) is 4.39 Å². The van der Waals surface area contributed by atoms with Crippen LogP contribution in [0.1, 0.15) is 24.0 Å². The Morgan fingerprint density at radius 3 is 2.65 bits per heavy atom. The molecule has 6 heteroatoms. The molecule has 2 aliphatic rings. The predicted octanol–water partition coefficient (Wildman–Crippen LogP) is 2.43. The van der Waals surface area contributed by atoms with Gasteiger partial charge in [0.1, 0.15) is 5.82 Å². The van der Waals surface area contributed by atoms with Gasteiger partial charge in [-0.3, -0.25) is 14.5 Å². The standard InChI is InChI=1S/C20H27FN4O/c1-23-13-18(12-22-23)15-24-7-5-20(6-8-24)16-25(9-10-26-20)14-17-3-2-4-19(21)11-17/h2-4,11-13H,5-10,14-16H2,1H3. The number of morpholine rings is 1. The van der Waals surface area contributed by atoms with Crippen LogP contribution in [0.25, 0.3) is 0 Å². The first kappa shape index (κ1) is 17.6. The number of piperidine rings is 1. The van der Waals surface area contributed by atoms with Crippen LogP contribution < -0.4 is 0 Å². The molecule has 2 aromatic rings. The monoisotopic (exact) mass is 358 g/mol. The number of hydrogen-bond acceptors (Lipinski definition) is 4. The van der Waals surface area contributed by atoms with E-state index in [-0.39, 0.29) is 11.4 Å². The number of nitrogens with zero attached hydrogens (tertiary/aromatic N) is 4. The van der Waals surface area contributed by atoms with Crippen molar-refractivity contribution >= 4 is 0 Å². The summed E-state index contributed by atoms with van der Waals surface area (Å²) in [5, 5.41) is 4.25. The lowest BCUT2D eigenvalue weighted by Crippen LogP contribution is -2.56. The maximum atomic E-state index is 13.4. The van der Waals surface area contributed by atoms with Gasteiger partial charge in [-0.1, -0.05) is 12.1 Å². The summed E-state index contributed by atoms with van der Waals surface area (Å²) in [6.45, 7) is 6.45. The summed E-state index contributed by atoms with van der Waals surface area (Å²) in [6.07, 6.45) is 6.13. The molecule has 5 nitrogen and oxygen atoms in total. The fraction of sp³-hybridized carbons (Fsp3) is 0.550. The Morgan fingerprint density at radius 1 is 1.12 bits per heavy atom. The van der Waals surface area contributed by atoms with Crippen molar-refractivity contribution in [3.05, 3.63) is 53.6 Å². The number of hydrogen-bond donors (Lipinski definition) is 0. The van der Waals surface area contributed by atoms with Crippen molar-refractivity contribution < 1.29 is 9.13 Å². The minimum atomic E-state index is -0.158. The van der Waals surface area contributed by atoms with Gasteiger partial charge in [-0.05, 0) is 30.5 Å². The highest BCUT2D eigenvalue weighted by molar-refractivity contribution is 5.16. The van der Waals surface area contributed by atoms with Crippen molar-refractivity contribution in [1.29, 1.82) is 0 Å². The molecule has 0 amide bonds. The lowest BCUT2D eigenvalue weighted by atomic mass is 9.89. The minimum absolute atomic E-state index is 0.0446. The Hall–Kier alpha value is -1.76. The fourth-order valence-corrected chi connectivity index (χ4v) is 4.18. The van der Waals surface area contributed by atoms with Crippen LogP contribution >= 0.6 is 0 Å². The normalized spacial score (nSPS) is 21.3. The molecule has 140 valence electrons. The molecule has 2 saturated heterocycles. The molecule has 2 fully saturated rings. The van der Waals surface area contributed by atoms with Gasteiger partial charge in [0.15, 0.2) is 0 Å². The van der Waals surface area contributed by atoms with Crippen molar-refractivity contribution in [3.63, 3.8) is 0 Å². The SMILES string of the molecule is Cn1cc(CN2CCC3(CC2)CN(Cc2cccc(F)c2)CCO3)cn1. The summed E-state index contributed by atoms with van der Waals surface area (Å²) >= 11 is 0. The molecule has 26 heavy (non-hydrogen) atoms. The van der Waals surface area contributed by atoms with Crippen LogP contribution in [-0.4, -0.2) is 58.0 Å². The zero-order valence-electron chi connectivity index (χ0n) is 15.4. The fourth-order valence-electron chi connectivity index (χ4n) is 4.18. The van der Waals surface area contributed by atoms with E-state index in [9.17, 15) is 4.39 Å². The van der Waals surface area contributed by atoms with Crippen molar-refractivity contribution in [3.8, 4) is 0 Å². The van der Waals surface area contributed by atoms with Crippen molar-refractivity contribution in [2.24, 2.45) is 7.05 Å². The van der Waals surface area contributed by atoms with Crippen LogP contribution in [-0.2, 0) is 24.9 Å². The van der Waals surface area contributed by atoms with Crippen molar-refractivity contribution in [2.75, 3.05) is 32.8 Å². The van der Waals surface area contributed by atoms with Crippen molar-refractivity contribution in [1.82, 2.24) is 19.6 Å². The Morgan fingerprint density at radius 2 is 1.92 bits per heavy atom. The molecule has 0 N–H and O–H groups in total. The molecule has 0 aliphatic carbocycles. The molecule has 2 aliphatic heterocycles. The summed E-state index contributed by atoms with van der Waals surface area (Å²) in [5.74, 6) is -0.158. The molecule has 1 aromatic carbocycles. The Labute approximate surface area is 154 Å². The zero-order chi connectivity index (χ0) is 18.0. The number of likely N-dealkylation sites (tertiary alicyclic amines) is 1. The van der Waals surface area contributed by atoms with Gasteiger partial charge in [0.25, 0.3) is 0 Å². The number of aryl methyl sites for hydroxylation is 1. The van der Waals surface area contributed by atoms with Gasteiger partial charge in [0.05, 0.1) is 18.4 Å². The van der Waals surface area contributed by atoms with Crippen LogP contribution in [0.15, 0.2) is 36.7 Å². The third-order valence-corrected chi connectivity index (χ3v) is 5.55. The lowest BCUT2D eigenvalue weighted by molar-refractivity contribution is -0.138. The molecule has 1 aromatic heterocycles. The zero-order valence-corrected chi connectivity index (χ0v) is 15.4. The highest BCUT2D eigenvalue weighted by atomic mass is 19.1. The molecule has 0 unspecified atom stereocenters. The minimum Gasteiger partial charge on any atom is -0.372 e. The molecule has 0 saturated carbocycles. The van der Waals surface area contributed by atoms with Gasteiger partial charge >= 0.3 is 0 Å². The summed E-state index contributed by atoms with van der Waals surface area (Å²) < 4.78 is 21.5. The van der Waals surface area contributed by atoms with E-state index < -0.39 is 0 Å². The third-order valence-electron chi connectivity index (χ3n) is 5.55. The van der Waals surface area contributed by atoms with Crippen LogP contribution in [0.3, 0.4) is 0 Å². The number of aromatic nitrogens is 2. The van der Waals surface area contributed by atoms with Gasteiger partial charge in [-0.15, -0.1) is 0 Å². The average molecular weight is 358 g/mol. The Balaban J connectivity index is 1.32. The Bertz CT molecular complexity index is 739. The molecular formula is C20H27FN4O. The molecule has 0 bridgehead atoms. The van der Waals surface area contributed by atoms with Gasteiger partial charge in [0.2, 0.25) is 0 Å². The molecule has 1 spiro atoms. The highest BCUT2D eigenvalue weighted by Crippen LogP contribution is 2.31. The molecule has 0 radical (unpaired) electrons. The van der Waals surface area contributed by atoms with E-state index in [0.717, 1.165) is 64.3 Å². The first-order valence-corrected chi connectivity index (χ1v) is 9.41. The summed E-state index contributed by atoms with van der Waals surface area (Å²) in [7, 11) is 1.96.